The van der Waals surface area contributed by atoms with Gasteiger partial charge in [-0.2, -0.15) is 0 Å². The van der Waals surface area contributed by atoms with Crippen molar-refractivity contribution in [2.75, 3.05) is 7.11 Å². The van der Waals surface area contributed by atoms with Crippen molar-refractivity contribution in [1.29, 1.82) is 0 Å². The molecule has 0 bridgehead atoms. The number of carbonyl (C=O) groups excluding carboxylic acids is 2. The van der Waals surface area contributed by atoms with Gasteiger partial charge in [0.05, 0.1) is 12.0 Å². The zero-order chi connectivity index (χ0) is 15.4. The zero-order valence-electron chi connectivity index (χ0n) is 11.4. The van der Waals surface area contributed by atoms with Crippen molar-refractivity contribution in [2.24, 2.45) is 0 Å². The van der Waals surface area contributed by atoms with Gasteiger partial charge in [0.25, 0.3) is 5.69 Å². The number of nitro groups is 1. The lowest BCUT2D eigenvalue weighted by atomic mass is 9.98. The van der Waals surface area contributed by atoms with Crippen molar-refractivity contribution in [2.45, 2.75) is 12.8 Å². The topological polar surface area (TPSA) is 86.5 Å². The lowest BCUT2D eigenvalue weighted by molar-refractivity contribution is -0.385. The number of ether oxygens (including phenoxy) is 1. The maximum atomic E-state index is 11.5. The van der Waals surface area contributed by atoms with E-state index in [1.807, 2.05) is 12.1 Å². The van der Waals surface area contributed by atoms with E-state index in [1.54, 1.807) is 18.2 Å². The Morgan fingerprint density at radius 3 is 2.57 bits per heavy atom. The Morgan fingerprint density at radius 1 is 1.19 bits per heavy atom. The van der Waals surface area contributed by atoms with E-state index in [9.17, 15) is 19.7 Å². The average Bonchev–Trinajstić information content (AvgIpc) is 2.50. The van der Waals surface area contributed by atoms with E-state index in [1.165, 1.54) is 6.07 Å². The Bertz CT molecular complexity index is 723. The zero-order valence-corrected chi connectivity index (χ0v) is 11.4. The Hall–Kier alpha value is -2.76. The van der Waals surface area contributed by atoms with E-state index in [2.05, 4.69) is 4.74 Å². The predicted molar refractivity (Wildman–Crippen MR) is 75.9 cm³/mol. The maximum Gasteiger partial charge on any atom is 0.374 e. The van der Waals surface area contributed by atoms with Crippen LogP contribution in [0.5, 0.6) is 0 Å². The van der Waals surface area contributed by atoms with E-state index in [4.69, 9.17) is 0 Å². The summed E-state index contributed by atoms with van der Waals surface area (Å²) in [6, 6.07) is 10.3. The van der Waals surface area contributed by atoms with Gasteiger partial charge in [-0.3, -0.25) is 14.9 Å². The fourth-order valence-corrected chi connectivity index (χ4v) is 2.21. The number of fused-ring (bicyclic) bond motifs is 1. The molecule has 6 nitrogen and oxygen atoms in total. The van der Waals surface area contributed by atoms with Crippen molar-refractivity contribution in [1.82, 2.24) is 0 Å². The van der Waals surface area contributed by atoms with Gasteiger partial charge in [-0.25, -0.2) is 4.79 Å². The van der Waals surface area contributed by atoms with Crippen LogP contribution in [-0.2, 0) is 20.7 Å². The summed E-state index contributed by atoms with van der Waals surface area (Å²) in [5.41, 5.74) is 0.404. The van der Waals surface area contributed by atoms with Gasteiger partial charge in [0.1, 0.15) is 0 Å². The second kappa shape index (κ2) is 6.13. The van der Waals surface area contributed by atoms with Gasteiger partial charge < -0.3 is 4.74 Å². The third-order valence-electron chi connectivity index (χ3n) is 3.23. The van der Waals surface area contributed by atoms with Crippen LogP contribution in [0.2, 0.25) is 0 Å². The summed E-state index contributed by atoms with van der Waals surface area (Å²) < 4.78 is 4.34. The van der Waals surface area contributed by atoms with Gasteiger partial charge >= 0.3 is 5.97 Å². The summed E-state index contributed by atoms with van der Waals surface area (Å²) in [6.07, 6.45) is -0.00682. The Labute approximate surface area is 120 Å². The number of esters is 1. The molecule has 2 aromatic rings. The van der Waals surface area contributed by atoms with Crippen molar-refractivity contribution < 1.29 is 19.2 Å². The smallest absolute Gasteiger partial charge is 0.374 e. The van der Waals surface area contributed by atoms with Gasteiger partial charge in [-0.15, -0.1) is 0 Å². The molecule has 2 rings (SSSR count). The first-order valence-corrected chi connectivity index (χ1v) is 6.30. The molecule has 0 N–H and O–H groups in total. The Balaban J connectivity index is 2.40. The van der Waals surface area contributed by atoms with Crippen LogP contribution in [-0.4, -0.2) is 23.8 Å². The minimum absolute atomic E-state index is 0.0497. The molecule has 0 aromatic heterocycles. The van der Waals surface area contributed by atoms with Crippen molar-refractivity contribution in [3.05, 3.63) is 52.1 Å². The number of hydrogen-bond acceptors (Lipinski definition) is 5. The molecule has 6 heteroatoms. The van der Waals surface area contributed by atoms with Crippen LogP contribution >= 0.6 is 0 Å². The molecular formula is C15H13NO5. The quantitative estimate of drug-likeness (QED) is 0.365. The van der Waals surface area contributed by atoms with Crippen LogP contribution < -0.4 is 0 Å². The number of methoxy groups -OCH3 is 1. The number of hydrogen-bond donors (Lipinski definition) is 0. The van der Waals surface area contributed by atoms with Gasteiger partial charge in [0.15, 0.2) is 0 Å². The highest BCUT2D eigenvalue weighted by atomic mass is 16.6. The molecule has 0 radical (unpaired) electrons. The first-order chi connectivity index (χ1) is 10.0. The van der Waals surface area contributed by atoms with Crippen LogP contribution in [0.4, 0.5) is 5.69 Å². The first kappa shape index (κ1) is 14.6. The van der Waals surface area contributed by atoms with E-state index in [-0.39, 0.29) is 18.5 Å². The number of benzene rings is 2. The fraction of sp³-hybridized carbons (Fsp3) is 0.200. The standard InChI is InChI=1S/C15H13NO5/c1-21-15(18)14(17)9-7-12-11-5-3-2-4-10(11)6-8-13(12)16(19)20/h2-6,8H,7,9H2,1H3. The highest BCUT2D eigenvalue weighted by Crippen LogP contribution is 2.29. The summed E-state index contributed by atoms with van der Waals surface area (Å²) in [5.74, 6) is -1.63. The van der Waals surface area contributed by atoms with Crippen molar-refractivity contribution in [3.8, 4) is 0 Å². The molecule has 21 heavy (non-hydrogen) atoms. The summed E-state index contributed by atoms with van der Waals surface area (Å²) in [7, 11) is 1.13. The van der Waals surface area contributed by atoms with Crippen LogP contribution in [0.25, 0.3) is 10.8 Å². The summed E-state index contributed by atoms with van der Waals surface area (Å²) in [4.78, 5) is 33.3. The molecule has 0 spiro atoms. The SMILES string of the molecule is COC(=O)C(=O)CCc1c([N+](=O)[O-])ccc2ccccc12. The molecule has 0 aliphatic carbocycles. The van der Waals surface area contributed by atoms with Crippen molar-refractivity contribution >= 4 is 28.2 Å². The highest BCUT2D eigenvalue weighted by Gasteiger charge is 2.20. The average molecular weight is 287 g/mol. The number of ketones is 1. The molecule has 2 aromatic carbocycles. The molecule has 0 fully saturated rings. The van der Waals surface area contributed by atoms with E-state index < -0.39 is 16.7 Å². The monoisotopic (exact) mass is 287 g/mol. The van der Waals surface area contributed by atoms with Gasteiger partial charge in [0.2, 0.25) is 5.78 Å². The number of nitrogens with zero attached hydrogens (tertiary/aromatic N) is 1. The first-order valence-electron chi connectivity index (χ1n) is 6.30. The highest BCUT2D eigenvalue weighted by molar-refractivity contribution is 6.33. The van der Waals surface area contributed by atoms with E-state index in [0.717, 1.165) is 12.5 Å². The summed E-state index contributed by atoms with van der Waals surface area (Å²) >= 11 is 0. The third kappa shape index (κ3) is 3.05. The minimum atomic E-state index is -0.933. The molecule has 0 saturated heterocycles. The molecule has 0 unspecified atom stereocenters. The lowest BCUT2D eigenvalue weighted by Crippen LogP contribution is -2.16. The number of rotatable bonds is 5. The molecular weight excluding hydrogens is 274 g/mol. The van der Waals surface area contributed by atoms with Gasteiger partial charge in [0, 0.05) is 18.1 Å². The second-order valence-corrected chi connectivity index (χ2v) is 4.46. The lowest BCUT2D eigenvalue weighted by Gasteiger charge is -2.07. The van der Waals surface area contributed by atoms with Crippen LogP contribution in [0.15, 0.2) is 36.4 Å². The predicted octanol–water partition coefficient (Wildman–Crippen LogP) is 2.42. The molecule has 0 amide bonds. The molecule has 0 atom stereocenters. The normalized spacial score (nSPS) is 10.3. The second-order valence-electron chi connectivity index (χ2n) is 4.46. The Morgan fingerprint density at radius 2 is 1.90 bits per heavy atom. The van der Waals surface area contributed by atoms with Crippen LogP contribution in [0.1, 0.15) is 12.0 Å². The fourth-order valence-electron chi connectivity index (χ4n) is 2.21. The van der Waals surface area contributed by atoms with E-state index >= 15 is 0 Å². The van der Waals surface area contributed by atoms with Crippen molar-refractivity contribution in [3.63, 3.8) is 0 Å². The third-order valence-corrected chi connectivity index (χ3v) is 3.23. The maximum absolute atomic E-state index is 11.5. The number of Topliss-reactive ketones (excluding diaryl/α,β-unsaturated/α-hetero) is 1. The van der Waals surface area contributed by atoms with Crippen LogP contribution in [0, 0.1) is 10.1 Å². The number of aryl methyl sites for hydroxylation is 1. The number of carbonyl (C=O) groups is 2. The molecule has 0 saturated carbocycles. The molecule has 108 valence electrons. The molecule has 0 aliphatic rings. The summed E-state index contributed by atoms with van der Waals surface area (Å²) in [6.45, 7) is 0. The number of nitro benzene ring substituents is 1. The van der Waals surface area contributed by atoms with Gasteiger partial charge in [-0.1, -0.05) is 24.3 Å². The molecule has 0 heterocycles. The minimum Gasteiger partial charge on any atom is -0.463 e. The molecule has 0 aliphatic heterocycles. The Kier molecular flexibility index (Phi) is 4.27. The summed E-state index contributed by atoms with van der Waals surface area (Å²) in [5, 5.41) is 12.7. The van der Waals surface area contributed by atoms with E-state index in [0.29, 0.717) is 10.9 Å². The van der Waals surface area contributed by atoms with Crippen LogP contribution in [0.3, 0.4) is 0 Å². The van der Waals surface area contributed by atoms with Gasteiger partial charge in [-0.05, 0) is 23.3 Å². The largest absolute Gasteiger partial charge is 0.463 e.